The molecule has 2 atom stereocenters. The number of halogens is 2. The fourth-order valence-electron chi connectivity index (χ4n) is 2.85. The van der Waals surface area contributed by atoms with Crippen LogP contribution in [-0.2, 0) is 6.42 Å². The van der Waals surface area contributed by atoms with Crippen LogP contribution in [0.4, 0.5) is 4.39 Å². The average molecular weight is 330 g/mol. The van der Waals surface area contributed by atoms with Gasteiger partial charge in [-0.15, -0.1) is 0 Å². The van der Waals surface area contributed by atoms with Crippen LogP contribution < -0.4 is 5.32 Å². The highest BCUT2D eigenvalue weighted by atomic mass is 79.9. The highest BCUT2D eigenvalue weighted by Gasteiger charge is 2.27. The minimum Gasteiger partial charge on any atom is -0.390 e. The highest BCUT2D eigenvalue weighted by Crippen LogP contribution is 2.24. The molecule has 0 bridgehead atoms. The van der Waals surface area contributed by atoms with Crippen LogP contribution in [0, 0.1) is 5.82 Å². The molecule has 2 nitrogen and oxygen atoms in total. The number of piperidine rings is 1. The second-order valence-corrected chi connectivity index (χ2v) is 6.72. The van der Waals surface area contributed by atoms with E-state index in [0.717, 1.165) is 18.5 Å². The van der Waals surface area contributed by atoms with E-state index in [1.54, 1.807) is 0 Å². The van der Waals surface area contributed by atoms with E-state index < -0.39 is 5.60 Å². The van der Waals surface area contributed by atoms with E-state index in [9.17, 15) is 9.50 Å². The summed E-state index contributed by atoms with van der Waals surface area (Å²) in [6.07, 6.45) is 4.74. The number of nitrogens with one attached hydrogen (secondary N) is 1. The van der Waals surface area contributed by atoms with Gasteiger partial charge in [-0.1, -0.05) is 22.4 Å². The Morgan fingerprint density at radius 1 is 1.42 bits per heavy atom. The lowest BCUT2D eigenvalue weighted by atomic mass is 9.87. The van der Waals surface area contributed by atoms with Crippen LogP contribution in [0.5, 0.6) is 0 Å². The Hall–Kier alpha value is -0.450. The third kappa shape index (κ3) is 4.86. The van der Waals surface area contributed by atoms with Gasteiger partial charge in [0.25, 0.3) is 0 Å². The molecule has 19 heavy (non-hydrogen) atoms. The van der Waals surface area contributed by atoms with Crippen molar-refractivity contribution in [1.29, 1.82) is 0 Å². The van der Waals surface area contributed by atoms with E-state index in [4.69, 9.17) is 0 Å². The Morgan fingerprint density at radius 2 is 2.21 bits per heavy atom. The first-order valence-electron chi connectivity index (χ1n) is 6.85. The topological polar surface area (TPSA) is 32.3 Å². The van der Waals surface area contributed by atoms with Gasteiger partial charge in [-0.05, 0) is 56.5 Å². The summed E-state index contributed by atoms with van der Waals surface area (Å²) in [5.74, 6) is -0.268. The van der Waals surface area contributed by atoms with Crippen LogP contribution in [0.2, 0.25) is 0 Å². The van der Waals surface area contributed by atoms with Crippen LogP contribution in [-0.4, -0.2) is 23.3 Å². The zero-order valence-electron chi connectivity index (χ0n) is 11.3. The maximum Gasteiger partial charge on any atom is 0.124 e. The minimum atomic E-state index is -0.803. The maximum atomic E-state index is 13.3. The fourth-order valence-corrected chi connectivity index (χ4v) is 3.37. The van der Waals surface area contributed by atoms with Gasteiger partial charge in [-0.3, -0.25) is 0 Å². The molecule has 4 heteroatoms. The van der Waals surface area contributed by atoms with Gasteiger partial charge in [0.15, 0.2) is 0 Å². The van der Waals surface area contributed by atoms with Crippen molar-refractivity contribution >= 4 is 15.9 Å². The van der Waals surface area contributed by atoms with Gasteiger partial charge in [0.05, 0.1) is 5.60 Å². The third-order valence-electron chi connectivity index (χ3n) is 3.61. The van der Waals surface area contributed by atoms with E-state index in [1.165, 1.54) is 25.0 Å². The summed E-state index contributed by atoms with van der Waals surface area (Å²) in [5.41, 5.74) is 0.0232. The monoisotopic (exact) mass is 329 g/mol. The Bertz CT molecular complexity index is 410. The standard InChI is InChI=1S/C15H21BrFNO/c1-15(19,10-14-4-2-3-5-18-14)9-11-6-12(16)8-13(17)7-11/h6-8,14,18-19H,2-5,9-10H2,1H3. The molecule has 1 saturated heterocycles. The first kappa shape index (κ1) is 14.9. The largest absolute Gasteiger partial charge is 0.390 e. The number of hydrogen-bond donors (Lipinski definition) is 2. The van der Waals surface area contributed by atoms with Crippen molar-refractivity contribution in [3.63, 3.8) is 0 Å². The van der Waals surface area contributed by atoms with E-state index in [2.05, 4.69) is 21.2 Å². The molecule has 1 aliphatic rings. The zero-order valence-corrected chi connectivity index (χ0v) is 12.8. The molecule has 1 aromatic rings. The molecule has 2 rings (SSSR count). The van der Waals surface area contributed by atoms with Gasteiger partial charge in [-0.25, -0.2) is 4.39 Å². The van der Waals surface area contributed by atoms with E-state index in [1.807, 2.05) is 13.0 Å². The maximum absolute atomic E-state index is 13.3. The minimum absolute atomic E-state index is 0.268. The molecule has 0 spiro atoms. The summed E-state index contributed by atoms with van der Waals surface area (Å²) in [6, 6.07) is 5.17. The summed E-state index contributed by atoms with van der Waals surface area (Å²) in [4.78, 5) is 0. The zero-order chi connectivity index (χ0) is 13.9. The number of benzene rings is 1. The quantitative estimate of drug-likeness (QED) is 0.887. The van der Waals surface area contributed by atoms with Gasteiger partial charge in [0.1, 0.15) is 5.82 Å². The predicted molar refractivity (Wildman–Crippen MR) is 78.7 cm³/mol. The average Bonchev–Trinajstić information content (AvgIpc) is 2.27. The molecule has 2 N–H and O–H groups in total. The van der Waals surface area contributed by atoms with Crippen molar-refractivity contribution in [2.45, 2.75) is 50.7 Å². The molecule has 0 radical (unpaired) electrons. The van der Waals surface area contributed by atoms with Crippen LogP contribution in [0.1, 0.15) is 38.2 Å². The summed E-state index contributed by atoms with van der Waals surface area (Å²) in [5, 5.41) is 14.0. The van der Waals surface area contributed by atoms with E-state index in [-0.39, 0.29) is 5.82 Å². The fraction of sp³-hybridized carbons (Fsp3) is 0.600. The van der Waals surface area contributed by atoms with Gasteiger partial charge in [0.2, 0.25) is 0 Å². The lowest BCUT2D eigenvalue weighted by molar-refractivity contribution is 0.0371. The molecule has 1 fully saturated rings. The summed E-state index contributed by atoms with van der Waals surface area (Å²) in [6.45, 7) is 2.87. The second kappa shape index (κ2) is 6.33. The van der Waals surface area contributed by atoms with Crippen molar-refractivity contribution in [3.8, 4) is 0 Å². The lowest BCUT2D eigenvalue weighted by Crippen LogP contribution is -2.41. The summed E-state index contributed by atoms with van der Waals surface area (Å²) >= 11 is 3.29. The number of aliphatic hydroxyl groups is 1. The molecule has 0 amide bonds. The highest BCUT2D eigenvalue weighted by molar-refractivity contribution is 9.10. The molecule has 2 unspecified atom stereocenters. The Kier molecular flexibility index (Phi) is 4.98. The second-order valence-electron chi connectivity index (χ2n) is 5.80. The Balaban J connectivity index is 1.98. The van der Waals surface area contributed by atoms with Crippen molar-refractivity contribution in [2.75, 3.05) is 6.54 Å². The molecule has 0 aromatic heterocycles. The van der Waals surface area contributed by atoms with Crippen LogP contribution >= 0.6 is 15.9 Å². The van der Waals surface area contributed by atoms with Crippen LogP contribution in [0.25, 0.3) is 0 Å². The number of hydrogen-bond acceptors (Lipinski definition) is 2. The summed E-state index contributed by atoms with van der Waals surface area (Å²) < 4.78 is 14.1. The van der Waals surface area contributed by atoms with Crippen molar-refractivity contribution in [2.24, 2.45) is 0 Å². The van der Waals surface area contributed by atoms with Gasteiger partial charge >= 0.3 is 0 Å². The molecular weight excluding hydrogens is 309 g/mol. The van der Waals surface area contributed by atoms with Crippen molar-refractivity contribution in [3.05, 3.63) is 34.1 Å². The smallest absolute Gasteiger partial charge is 0.124 e. The SMILES string of the molecule is CC(O)(Cc1cc(F)cc(Br)c1)CC1CCCCN1. The van der Waals surface area contributed by atoms with E-state index >= 15 is 0 Å². The Morgan fingerprint density at radius 3 is 2.84 bits per heavy atom. The molecule has 0 saturated carbocycles. The molecule has 106 valence electrons. The van der Waals surface area contributed by atoms with Gasteiger partial charge < -0.3 is 10.4 Å². The molecule has 1 heterocycles. The van der Waals surface area contributed by atoms with Crippen LogP contribution in [0.3, 0.4) is 0 Å². The molecule has 0 aliphatic carbocycles. The van der Waals surface area contributed by atoms with Crippen molar-refractivity contribution < 1.29 is 9.50 Å². The number of rotatable bonds is 4. The lowest BCUT2D eigenvalue weighted by Gasteiger charge is -2.31. The molecule has 1 aromatic carbocycles. The van der Waals surface area contributed by atoms with E-state index in [0.29, 0.717) is 23.4 Å². The molecular formula is C15H21BrFNO. The first-order chi connectivity index (χ1) is 8.94. The normalized spacial score (nSPS) is 23.1. The van der Waals surface area contributed by atoms with Crippen LogP contribution in [0.15, 0.2) is 22.7 Å². The van der Waals surface area contributed by atoms with Crippen molar-refractivity contribution in [1.82, 2.24) is 5.32 Å². The molecule has 1 aliphatic heterocycles. The third-order valence-corrected chi connectivity index (χ3v) is 4.06. The van der Waals surface area contributed by atoms with Gasteiger partial charge in [0, 0.05) is 16.9 Å². The van der Waals surface area contributed by atoms with Gasteiger partial charge in [-0.2, -0.15) is 0 Å². The predicted octanol–water partition coefficient (Wildman–Crippen LogP) is 3.41. The summed E-state index contributed by atoms with van der Waals surface area (Å²) in [7, 11) is 0. The first-order valence-corrected chi connectivity index (χ1v) is 7.65. The Labute approximate surface area is 122 Å².